The number of halogens is 2. The lowest BCUT2D eigenvalue weighted by atomic mass is 10.1. The first kappa shape index (κ1) is 21.4. The van der Waals surface area contributed by atoms with E-state index in [0.717, 1.165) is 18.9 Å². The molecular weight excluding hydrogens is 404 g/mol. The molecule has 0 bridgehead atoms. The fourth-order valence-electron chi connectivity index (χ4n) is 2.98. The molecule has 1 aliphatic heterocycles. The standard InChI is InChI=1S/C20H21F2NO5S/c1-13(18-9-6-15(21)11-19(18)22)28-20(24)14-4-7-17(8-5-14)29(25,26)23-12-16-3-2-10-27-16/h4-9,11,13,16,23H,2-3,10,12H2,1H3. The maximum atomic E-state index is 13.8. The molecule has 0 aliphatic carbocycles. The summed E-state index contributed by atoms with van der Waals surface area (Å²) in [7, 11) is -3.73. The number of hydrogen-bond donors (Lipinski definition) is 1. The second-order valence-electron chi connectivity index (χ2n) is 6.72. The van der Waals surface area contributed by atoms with Crippen molar-refractivity contribution in [3.63, 3.8) is 0 Å². The smallest absolute Gasteiger partial charge is 0.338 e. The molecule has 1 saturated heterocycles. The minimum atomic E-state index is -3.73. The number of nitrogens with one attached hydrogen (secondary N) is 1. The van der Waals surface area contributed by atoms with Crippen molar-refractivity contribution in [3.05, 3.63) is 65.2 Å². The van der Waals surface area contributed by atoms with Gasteiger partial charge in [-0.05, 0) is 56.2 Å². The number of carbonyl (C=O) groups is 1. The van der Waals surface area contributed by atoms with Crippen LogP contribution in [0.4, 0.5) is 8.78 Å². The first-order chi connectivity index (χ1) is 13.8. The number of benzene rings is 2. The highest BCUT2D eigenvalue weighted by Crippen LogP contribution is 2.23. The number of esters is 1. The molecule has 9 heteroatoms. The lowest BCUT2D eigenvalue weighted by Gasteiger charge is -2.15. The lowest BCUT2D eigenvalue weighted by Crippen LogP contribution is -2.31. The highest BCUT2D eigenvalue weighted by Gasteiger charge is 2.21. The first-order valence-electron chi connectivity index (χ1n) is 9.13. The van der Waals surface area contributed by atoms with Crippen LogP contribution in [0.5, 0.6) is 0 Å². The molecule has 29 heavy (non-hydrogen) atoms. The van der Waals surface area contributed by atoms with Crippen molar-refractivity contribution < 1.29 is 31.5 Å². The summed E-state index contributed by atoms with van der Waals surface area (Å²) in [4.78, 5) is 12.3. The van der Waals surface area contributed by atoms with Crippen LogP contribution in [0.1, 0.15) is 41.8 Å². The third-order valence-electron chi connectivity index (χ3n) is 4.61. The van der Waals surface area contributed by atoms with E-state index < -0.39 is 33.7 Å². The molecule has 156 valence electrons. The van der Waals surface area contributed by atoms with Crippen LogP contribution < -0.4 is 4.72 Å². The molecule has 2 unspecified atom stereocenters. The minimum absolute atomic E-state index is 0.00433. The average molecular weight is 425 g/mol. The van der Waals surface area contributed by atoms with E-state index in [1.807, 2.05) is 0 Å². The topological polar surface area (TPSA) is 81.7 Å². The van der Waals surface area contributed by atoms with Gasteiger partial charge < -0.3 is 9.47 Å². The summed E-state index contributed by atoms with van der Waals surface area (Å²) in [6.45, 7) is 2.28. The molecule has 2 atom stereocenters. The van der Waals surface area contributed by atoms with Crippen LogP contribution in [0.2, 0.25) is 0 Å². The fraction of sp³-hybridized carbons (Fsp3) is 0.350. The second kappa shape index (κ2) is 8.98. The van der Waals surface area contributed by atoms with Gasteiger partial charge in [-0.2, -0.15) is 0 Å². The molecule has 1 N–H and O–H groups in total. The highest BCUT2D eigenvalue weighted by atomic mass is 32.2. The predicted molar refractivity (Wildman–Crippen MR) is 101 cm³/mol. The summed E-state index contributed by atoms with van der Waals surface area (Å²) < 4.78 is 64.6. The molecule has 0 amide bonds. The van der Waals surface area contributed by atoms with Gasteiger partial charge in [-0.25, -0.2) is 26.7 Å². The highest BCUT2D eigenvalue weighted by molar-refractivity contribution is 7.89. The fourth-order valence-corrected chi connectivity index (χ4v) is 4.05. The van der Waals surface area contributed by atoms with E-state index in [-0.39, 0.29) is 28.7 Å². The van der Waals surface area contributed by atoms with Crippen molar-refractivity contribution in [2.75, 3.05) is 13.2 Å². The Morgan fingerprint density at radius 2 is 1.97 bits per heavy atom. The Hall–Kier alpha value is -2.36. The van der Waals surface area contributed by atoms with E-state index in [9.17, 15) is 22.0 Å². The van der Waals surface area contributed by atoms with Gasteiger partial charge in [0.25, 0.3) is 0 Å². The SMILES string of the molecule is CC(OC(=O)c1ccc(S(=O)(=O)NCC2CCCO2)cc1)c1ccc(F)cc1F. The van der Waals surface area contributed by atoms with E-state index in [1.54, 1.807) is 0 Å². The maximum absolute atomic E-state index is 13.8. The van der Waals surface area contributed by atoms with Crippen LogP contribution >= 0.6 is 0 Å². The minimum Gasteiger partial charge on any atom is -0.454 e. The zero-order chi connectivity index (χ0) is 21.0. The van der Waals surface area contributed by atoms with Gasteiger partial charge in [0.15, 0.2) is 0 Å². The summed E-state index contributed by atoms with van der Waals surface area (Å²) >= 11 is 0. The molecule has 0 radical (unpaired) electrons. The molecule has 1 fully saturated rings. The van der Waals surface area contributed by atoms with Gasteiger partial charge in [0.1, 0.15) is 17.7 Å². The number of sulfonamides is 1. The van der Waals surface area contributed by atoms with Crippen LogP contribution in [-0.2, 0) is 19.5 Å². The van der Waals surface area contributed by atoms with Crippen molar-refractivity contribution in [1.82, 2.24) is 4.72 Å². The van der Waals surface area contributed by atoms with E-state index >= 15 is 0 Å². The van der Waals surface area contributed by atoms with Crippen molar-refractivity contribution in [3.8, 4) is 0 Å². The predicted octanol–water partition coefficient (Wildman–Crippen LogP) is 3.34. The molecule has 0 saturated carbocycles. The molecule has 3 rings (SSSR count). The van der Waals surface area contributed by atoms with Crippen LogP contribution in [0.3, 0.4) is 0 Å². The van der Waals surface area contributed by atoms with Gasteiger partial charge >= 0.3 is 5.97 Å². The van der Waals surface area contributed by atoms with Gasteiger partial charge in [-0.3, -0.25) is 0 Å². The van der Waals surface area contributed by atoms with Crippen molar-refractivity contribution in [2.24, 2.45) is 0 Å². The van der Waals surface area contributed by atoms with E-state index in [4.69, 9.17) is 9.47 Å². The summed E-state index contributed by atoms with van der Waals surface area (Å²) in [6, 6.07) is 8.20. The monoisotopic (exact) mass is 425 g/mol. The molecule has 1 heterocycles. The average Bonchev–Trinajstić information content (AvgIpc) is 3.20. The van der Waals surface area contributed by atoms with E-state index in [0.29, 0.717) is 12.7 Å². The molecule has 6 nitrogen and oxygen atoms in total. The zero-order valence-corrected chi connectivity index (χ0v) is 16.5. The van der Waals surface area contributed by atoms with Gasteiger partial charge in [0, 0.05) is 24.8 Å². The Morgan fingerprint density at radius 3 is 2.59 bits per heavy atom. The molecule has 1 aliphatic rings. The Labute approximate surface area is 167 Å². The third-order valence-corrected chi connectivity index (χ3v) is 6.05. The number of ether oxygens (including phenoxy) is 2. The largest absolute Gasteiger partial charge is 0.454 e. The van der Waals surface area contributed by atoms with Crippen LogP contribution in [0, 0.1) is 11.6 Å². The maximum Gasteiger partial charge on any atom is 0.338 e. The molecular formula is C20H21F2NO5S. The Bertz CT molecular complexity index is 973. The molecule has 0 spiro atoms. The molecule has 0 aromatic heterocycles. The number of hydrogen-bond acceptors (Lipinski definition) is 5. The summed E-state index contributed by atoms with van der Waals surface area (Å²) in [6.07, 6.45) is 0.635. The van der Waals surface area contributed by atoms with Gasteiger partial charge in [-0.1, -0.05) is 0 Å². The first-order valence-corrected chi connectivity index (χ1v) is 10.6. The van der Waals surface area contributed by atoms with Crippen molar-refractivity contribution in [1.29, 1.82) is 0 Å². The molecule has 2 aromatic carbocycles. The van der Waals surface area contributed by atoms with Crippen molar-refractivity contribution >= 4 is 16.0 Å². The number of carbonyl (C=O) groups excluding carboxylic acids is 1. The van der Waals surface area contributed by atoms with Gasteiger partial charge in [-0.15, -0.1) is 0 Å². The Morgan fingerprint density at radius 1 is 1.24 bits per heavy atom. The van der Waals surface area contributed by atoms with E-state index in [1.165, 1.54) is 37.3 Å². The summed E-state index contributed by atoms with van der Waals surface area (Å²) in [5, 5.41) is 0. The molecule has 2 aromatic rings. The summed E-state index contributed by atoms with van der Waals surface area (Å²) in [5.74, 6) is -2.30. The van der Waals surface area contributed by atoms with Crippen LogP contribution in [0.25, 0.3) is 0 Å². The van der Waals surface area contributed by atoms with E-state index in [2.05, 4.69) is 4.72 Å². The normalized spacial score (nSPS) is 17.8. The third kappa shape index (κ3) is 5.37. The Kier molecular flexibility index (Phi) is 6.61. The van der Waals surface area contributed by atoms with Gasteiger partial charge in [0.05, 0.1) is 16.6 Å². The number of rotatable bonds is 7. The van der Waals surface area contributed by atoms with Crippen molar-refractivity contribution in [2.45, 2.75) is 36.9 Å². The van der Waals surface area contributed by atoms with Crippen LogP contribution in [0.15, 0.2) is 47.4 Å². The summed E-state index contributed by atoms with van der Waals surface area (Å²) in [5.41, 5.74) is 0.148. The lowest BCUT2D eigenvalue weighted by molar-refractivity contribution is 0.0331. The van der Waals surface area contributed by atoms with Crippen LogP contribution in [-0.4, -0.2) is 33.6 Å². The van der Waals surface area contributed by atoms with Gasteiger partial charge in [0.2, 0.25) is 10.0 Å². The Balaban J connectivity index is 1.63. The zero-order valence-electron chi connectivity index (χ0n) is 15.7. The second-order valence-corrected chi connectivity index (χ2v) is 8.49. The quantitative estimate of drug-likeness (QED) is 0.688.